The number of nitrogens with zero attached hydrogens (tertiary/aromatic N) is 2. The summed E-state index contributed by atoms with van der Waals surface area (Å²) in [6.45, 7) is 3.49. The van der Waals surface area contributed by atoms with Crippen LogP contribution in [0.4, 0.5) is 4.39 Å². The quantitative estimate of drug-likeness (QED) is 0.564. The van der Waals surface area contributed by atoms with Gasteiger partial charge in [0.2, 0.25) is 0 Å². The van der Waals surface area contributed by atoms with E-state index < -0.39 is 11.7 Å². The number of methoxy groups -OCH3 is 2. The van der Waals surface area contributed by atoms with Gasteiger partial charge in [-0.25, -0.2) is 4.39 Å². The molecule has 148 valence electrons. The summed E-state index contributed by atoms with van der Waals surface area (Å²) >= 11 is 1.35. The molecule has 2 aromatic carbocycles. The van der Waals surface area contributed by atoms with Crippen LogP contribution >= 0.6 is 11.3 Å². The van der Waals surface area contributed by atoms with Crippen molar-refractivity contribution in [3.8, 4) is 11.5 Å². The number of aromatic nitrogens is 1. The molecule has 0 aliphatic heterocycles. The first-order valence-corrected chi connectivity index (χ1v) is 9.56. The first-order valence-electron chi connectivity index (χ1n) is 8.75. The third kappa shape index (κ3) is 4.23. The minimum absolute atomic E-state index is 0.198. The van der Waals surface area contributed by atoms with Gasteiger partial charge in [0.1, 0.15) is 5.82 Å². The van der Waals surface area contributed by atoms with Crippen LogP contribution in [0.25, 0.3) is 10.2 Å². The monoisotopic (exact) mass is 404 g/mol. The highest BCUT2D eigenvalue weighted by Crippen LogP contribution is 2.33. The molecule has 0 saturated heterocycles. The standard InChI is InChI=1S/C20H21FN2O4S/c1-4-27-9-8-23-15-11-16(25-2)17(26-3)12-18(15)28-20(23)22-19(24)13-6-5-7-14(21)10-13/h5-7,10-12H,4,8-9H2,1-3H3. The van der Waals surface area contributed by atoms with Gasteiger partial charge in [-0.3, -0.25) is 4.79 Å². The third-order valence-electron chi connectivity index (χ3n) is 4.12. The highest BCUT2D eigenvalue weighted by Gasteiger charge is 2.14. The number of halogens is 1. The molecule has 3 aromatic rings. The summed E-state index contributed by atoms with van der Waals surface area (Å²) in [4.78, 5) is 17.3. The Balaban J connectivity index is 2.13. The van der Waals surface area contributed by atoms with Gasteiger partial charge in [-0.15, -0.1) is 0 Å². The Hall–Kier alpha value is -2.71. The van der Waals surface area contributed by atoms with Crippen LogP contribution in [0.1, 0.15) is 17.3 Å². The highest BCUT2D eigenvalue weighted by atomic mass is 32.1. The molecule has 0 aliphatic rings. The molecular weight excluding hydrogens is 383 g/mol. The van der Waals surface area contributed by atoms with E-state index in [4.69, 9.17) is 14.2 Å². The Morgan fingerprint density at radius 2 is 1.93 bits per heavy atom. The molecule has 0 N–H and O–H groups in total. The molecule has 0 aliphatic carbocycles. The number of carbonyl (C=O) groups excluding carboxylic acids is 1. The largest absolute Gasteiger partial charge is 0.493 e. The predicted molar refractivity (Wildman–Crippen MR) is 106 cm³/mol. The molecule has 1 amide bonds. The molecule has 28 heavy (non-hydrogen) atoms. The van der Waals surface area contributed by atoms with Crippen molar-refractivity contribution in [3.05, 3.63) is 52.6 Å². The van der Waals surface area contributed by atoms with Crippen LogP contribution in [-0.4, -0.2) is 37.9 Å². The summed E-state index contributed by atoms with van der Waals surface area (Å²) in [5.41, 5.74) is 1.05. The van der Waals surface area contributed by atoms with Gasteiger partial charge in [0, 0.05) is 30.8 Å². The Morgan fingerprint density at radius 1 is 1.18 bits per heavy atom. The minimum atomic E-state index is -0.504. The van der Waals surface area contributed by atoms with Crippen LogP contribution < -0.4 is 14.3 Å². The van der Waals surface area contributed by atoms with Crippen LogP contribution in [0, 0.1) is 5.82 Å². The van der Waals surface area contributed by atoms with Crippen molar-refractivity contribution in [2.24, 2.45) is 4.99 Å². The number of carbonyl (C=O) groups is 1. The van der Waals surface area contributed by atoms with Crippen molar-refractivity contribution in [2.45, 2.75) is 13.5 Å². The van der Waals surface area contributed by atoms with Crippen LogP contribution in [0.3, 0.4) is 0 Å². The molecule has 8 heteroatoms. The Kier molecular flexibility index (Phi) is 6.43. The van der Waals surface area contributed by atoms with E-state index in [9.17, 15) is 9.18 Å². The zero-order valence-electron chi connectivity index (χ0n) is 15.9. The van der Waals surface area contributed by atoms with E-state index in [1.165, 1.54) is 29.5 Å². The van der Waals surface area contributed by atoms with E-state index in [0.717, 1.165) is 10.2 Å². The van der Waals surface area contributed by atoms with Crippen LogP contribution in [-0.2, 0) is 11.3 Å². The molecule has 0 unspecified atom stereocenters. The van der Waals surface area contributed by atoms with Gasteiger partial charge in [0.05, 0.1) is 31.0 Å². The topological polar surface area (TPSA) is 62.1 Å². The second-order valence-electron chi connectivity index (χ2n) is 5.84. The second-order valence-corrected chi connectivity index (χ2v) is 6.84. The second kappa shape index (κ2) is 8.99. The summed E-state index contributed by atoms with van der Waals surface area (Å²) in [7, 11) is 3.14. The molecule has 0 radical (unpaired) electrons. The maximum atomic E-state index is 13.4. The number of benzene rings is 2. The van der Waals surface area contributed by atoms with Crippen molar-refractivity contribution < 1.29 is 23.4 Å². The lowest BCUT2D eigenvalue weighted by Gasteiger charge is -2.09. The number of amides is 1. The minimum Gasteiger partial charge on any atom is -0.493 e. The molecule has 0 fully saturated rings. The van der Waals surface area contributed by atoms with Crippen molar-refractivity contribution in [2.75, 3.05) is 27.4 Å². The van der Waals surface area contributed by atoms with E-state index in [1.807, 2.05) is 23.6 Å². The molecule has 6 nitrogen and oxygen atoms in total. The Labute approximate surface area is 165 Å². The van der Waals surface area contributed by atoms with Gasteiger partial charge in [-0.2, -0.15) is 4.99 Å². The smallest absolute Gasteiger partial charge is 0.279 e. The van der Waals surface area contributed by atoms with E-state index in [0.29, 0.717) is 36.1 Å². The lowest BCUT2D eigenvalue weighted by atomic mass is 10.2. The first kappa shape index (κ1) is 20.0. The summed E-state index contributed by atoms with van der Waals surface area (Å²) in [5.74, 6) is 0.198. The summed E-state index contributed by atoms with van der Waals surface area (Å²) in [6, 6.07) is 9.19. The molecule has 1 heterocycles. The Morgan fingerprint density at radius 3 is 2.61 bits per heavy atom. The molecule has 3 rings (SSSR count). The van der Waals surface area contributed by atoms with Gasteiger partial charge in [-0.1, -0.05) is 17.4 Å². The van der Waals surface area contributed by atoms with Gasteiger partial charge < -0.3 is 18.8 Å². The van der Waals surface area contributed by atoms with Crippen LogP contribution in [0.2, 0.25) is 0 Å². The van der Waals surface area contributed by atoms with Gasteiger partial charge in [0.15, 0.2) is 16.3 Å². The van der Waals surface area contributed by atoms with E-state index in [1.54, 1.807) is 20.3 Å². The van der Waals surface area contributed by atoms with Crippen molar-refractivity contribution in [1.29, 1.82) is 0 Å². The average Bonchev–Trinajstić information content (AvgIpc) is 3.03. The highest BCUT2D eigenvalue weighted by molar-refractivity contribution is 7.16. The summed E-state index contributed by atoms with van der Waals surface area (Å²) < 4.78 is 32.5. The SMILES string of the molecule is CCOCCn1c(=NC(=O)c2cccc(F)c2)sc2cc(OC)c(OC)cc21. The van der Waals surface area contributed by atoms with E-state index >= 15 is 0 Å². The molecule has 0 spiro atoms. The number of hydrogen-bond acceptors (Lipinski definition) is 5. The predicted octanol–water partition coefficient (Wildman–Crippen LogP) is 3.64. The number of fused-ring (bicyclic) bond motifs is 1. The van der Waals surface area contributed by atoms with Crippen molar-refractivity contribution >= 4 is 27.5 Å². The van der Waals surface area contributed by atoms with E-state index in [2.05, 4.69) is 4.99 Å². The maximum Gasteiger partial charge on any atom is 0.279 e. The normalized spacial score (nSPS) is 11.8. The Bertz CT molecular complexity index is 1060. The van der Waals surface area contributed by atoms with E-state index in [-0.39, 0.29) is 5.56 Å². The number of hydrogen-bond donors (Lipinski definition) is 0. The molecule has 0 bridgehead atoms. The van der Waals surface area contributed by atoms with Crippen molar-refractivity contribution in [1.82, 2.24) is 4.57 Å². The number of rotatable bonds is 7. The third-order valence-corrected chi connectivity index (χ3v) is 5.16. The number of thiazole rings is 1. The molecular formula is C20H21FN2O4S. The zero-order valence-corrected chi connectivity index (χ0v) is 16.7. The molecule has 0 atom stereocenters. The first-order chi connectivity index (χ1) is 13.6. The molecule has 0 saturated carbocycles. The van der Waals surface area contributed by atoms with Crippen molar-refractivity contribution in [3.63, 3.8) is 0 Å². The zero-order chi connectivity index (χ0) is 20.1. The summed E-state index contributed by atoms with van der Waals surface area (Å²) in [5, 5.41) is 0. The fourth-order valence-electron chi connectivity index (χ4n) is 2.77. The maximum absolute atomic E-state index is 13.4. The fraction of sp³-hybridized carbons (Fsp3) is 0.300. The lowest BCUT2D eigenvalue weighted by Crippen LogP contribution is -2.19. The average molecular weight is 404 g/mol. The van der Waals surface area contributed by atoms with Crippen LogP contribution in [0.5, 0.6) is 11.5 Å². The molecule has 1 aromatic heterocycles. The summed E-state index contributed by atoms with van der Waals surface area (Å²) in [6.07, 6.45) is 0. The van der Waals surface area contributed by atoms with Gasteiger partial charge in [0.25, 0.3) is 5.91 Å². The lowest BCUT2D eigenvalue weighted by molar-refractivity contribution is 0.0996. The van der Waals surface area contributed by atoms with Gasteiger partial charge >= 0.3 is 0 Å². The fourth-order valence-corrected chi connectivity index (χ4v) is 3.84. The van der Waals surface area contributed by atoms with Gasteiger partial charge in [-0.05, 0) is 25.1 Å². The van der Waals surface area contributed by atoms with Crippen LogP contribution in [0.15, 0.2) is 41.4 Å². The number of ether oxygens (including phenoxy) is 3.